The normalized spacial score (nSPS) is 10.6. The lowest BCUT2D eigenvalue weighted by Gasteiger charge is -2.09. The number of carbonyl (C=O) groups excluding carboxylic acids is 1. The van der Waals surface area contributed by atoms with Crippen LogP contribution in [0.4, 0.5) is 4.39 Å². The van der Waals surface area contributed by atoms with E-state index < -0.39 is 0 Å². The number of ether oxygens (including phenoxy) is 1. The molecule has 0 spiro atoms. The van der Waals surface area contributed by atoms with Crippen LogP contribution in [0.2, 0.25) is 5.02 Å². The van der Waals surface area contributed by atoms with Gasteiger partial charge in [0.2, 0.25) is 0 Å². The number of nitrogens with one attached hydrogen (secondary N) is 1. The van der Waals surface area contributed by atoms with Crippen molar-refractivity contribution < 1.29 is 18.3 Å². The molecular weight excluding hydrogens is 357 g/mol. The fourth-order valence-corrected chi connectivity index (χ4v) is 2.67. The van der Waals surface area contributed by atoms with Gasteiger partial charge in [-0.2, -0.15) is 0 Å². The van der Waals surface area contributed by atoms with Crippen molar-refractivity contribution in [3.05, 3.63) is 88.1 Å². The highest BCUT2D eigenvalue weighted by molar-refractivity contribution is 6.32. The van der Waals surface area contributed by atoms with Crippen LogP contribution in [-0.2, 0) is 13.2 Å². The second-order valence-corrected chi connectivity index (χ2v) is 6.16. The van der Waals surface area contributed by atoms with Gasteiger partial charge in [0.25, 0.3) is 5.91 Å². The van der Waals surface area contributed by atoms with Crippen molar-refractivity contribution in [2.75, 3.05) is 0 Å². The molecule has 1 amide bonds. The predicted octanol–water partition coefficient (Wildman–Crippen LogP) is 4.89. The fraction of sp³-hybridized carbons (Fsp3) is 0.150. The van der Waals surface area contributed by atoms with Gasteiger partial charge in [-0.3, -0.25) is 4.79 Å². The molecule has 0 bridgehead atoms. The molecule has 0 fully saturated rings. The van der Waals surface area contributed by atoms with E-state index in [1.54, 1.807) is 30.3 Å². The molecule has 134 valence electrons. The van der Waals surface area contributed by atoms with Gasteiger partial charge in [-0.15, -0.1) is 0 Å². The van der Waals surface area contributed by atoms with Gasteiger partial charge in [-0.25, -0.2) is 4.39 Å². The molecule has 0 saturated heterocycles. The molecule has 6 heteroatoms. The summed E-state index contributed by atoms with van der Waals surface area (Å²) in [6.45, 7) is 2.35. The Bertz CT molecular complexity index is 885. The molecule has 0 aliphatic carbocycles. The highest BCUT2D eigenvalue weighted by atomic mass is 35.5. The number of aryl methyl sites for hydroxylation is 1. The second-order valence-electron chi connectivity index (χ2n) is 5.75. The van der Waals surface area contributed by atoms with Gasteiger partial charge in [0.15, 0.2) is 5.76 Å². The first kappa shape index (κ1) is 18.0. The smallest absolute Gasteiger partial charge is 0.287 e. The van der Waals surface area contributed by atoms with Gasteiger partial charge < -0.3 is 14.5 Å². The third-order valence-electron chi connectivity index (χ3n) is 3.77. The molecule has 1 heterocycles. The molecule has 1 aromatic heterocycles. The lowest BCUT2D eigenvalue weighted by molar-refractivity contribution is 0.0919. The van der Waals surface area contributed by atoms with E-state index in [9.17, 15) is 9.18 Å². The van der Waals surface area contributed by atoms with Crippen molar-refractivity contribution in [1.29, 1.82) is 0 Å². The van der Waals surface area contributed by atoms with Crippen molar-refractivity contribution >= 4 is 17.5 Å². The molecule has 0 aliphatic heterocycles. The van der Waals surface area contributed by atoms with Crippen LogP contribution >= 0.6 is 11.6 Å². The van der Waals surface area contributed by atoms with E-state index in [4.69, 9.17) is 20.8 Å². The van der Waals surface area contributed by atoms with Crippen molar-refractivity contribution in [3.8, 4) is 5.75 Å². The standard InChI is InChI=1S/C20H17ClFNO3/c1-13-3-2-4-17(21)19(13)25-12-16-9-10-18(26-16)20(24)23-11-14-5-7-15(22)8-6-14/h2-10H,11-12H2,1H3,(H,23,24). The number of benzene rings is 2. The van der Waals surface area contributed by atoms with Crippen molar-refractivity contribution in [2.45, 2.75) is 20.1 Å². The number of rotatable bonds is 6. The minimum Gasteiger partial charge on any atom is -0.484 e. The maximum absolute atomic E-state index is 12.9. The Labute approximate surface area is 155 Å². The number of hydrogen-bond acceptors (Lipinski definition) is 3. The zero-order chi connectivity index (χ0) is 18.5. The Kier molecular flexibility index (Phi) is 5.58. The summed E-state index contributed by atoms with van der Waals surface area (Å²) >= 11 is 6.12. The van der Waals surface area contributed by atoms with E-state index in [2.05, 4.69) is 5.32 Å². The molecule has 0 atom stereocenters. The second kappa shape index (κ2) is 8.06. The summed E-state index contributed by atoms with van der Waals surface area (Å²) in [5.41, 5.74) is 1.71. The lowest BCUT2D eigenvalue weighted by atomic mass is 10.2. The highest BCUT2D eigenvalue weighted by Crippen LogP contribution is 2.28. The maximum atomic E-state index is 12.9. The summed E-state index contributed by atoms with van der Waals surface area (Å²) in [5.74, 6) is 0.615. The Morgan fingerprint density at radius 2 is 1.92 bits per heavy atom. The zero-order valence-corrected chi connectivity index (χ0v) is 14.8. The first-order valence-corrected chi connectivity index (χ1v) is 8.40. The third kappa shape index (κ3) is 4.43. The first-order valence-electron chi connectivity index (χ1n) is 8.02. The fourth-order valence-electron chi connectivity index (χ4n) is 2.39. The molecule has 1 N–H and O–H groups in total. The van der Waals surface area contributed by atoms with Crippen LogP contribution in [0.1, 0.15) is 27.4 Å². The number of furan rings is 1. The van der Waals surface area contributed by atoms with Gasteiger partial charge in [0.1, 0.15) is 23.9 Å². The Hall–Kier alpha value is -2.79. The van der Waals surface area contributed by atoms with Crippen molar-refractivity contribution in [2.24, 2.45) is 0 Å². The number of para-hydroxylation sites is 1. The zero-order valence-electron chi connectivity index (χ0n) is 14.1. The summed E-state index contributed by atoms with van der Waals surface area (Å²) in [7, 11) is 0. The number of carbonyl (C=O) groups is 1. The molecule has 3 aromatic rings. The Morgan fingerprint density at radius 3 is 2.65 bits per heavy atom. The van der Waals surface area contributed by atoms with E-state index in [-0.39, 0.29) is 30.6 Å². The molecule has 0 radical (unpaired) electrons. The summed E-state index contributed by atoms with van der Waals surface area (Å²) in [4.78, 5) is 12.1. The molecule has 3 rings (SSSR count). The minimum atomic E-state index is -0.352. The predicted molar refractivity (Wildman–Crippen MR) is 96.8 cm³/mol. The summed E-state index contributed by atoms with van der Waals surface area (Å²) < 4.78 is 24.1. The van der Waals surface area contributed by atoms with Crippen molar-refractivity contribution in [1.82, 2.24) is 5.32 Å². The maximum Gasteiger partial charge on any atom is 0.287 e. The molecule has 0 unspecified atom stereocenters. The largest absolute Gasteiger partial charge is 0.484 e. The number of amides is 1. The third-order valence-corrected chi connectivity index (χ3v) is 4.07. The van der Waals surface area contributed by atoms with Crippen LogP contribution in [0.25, 0.3) is 0 Å². The van der Waals surface area contributed by atoms with Gasteiger partial charge in [0, 0.05) is 6.54 Å². The molecule has 0 saturated carbocycles. The van der Waals surface area contributed by atoms with E-state index in [0.717, 1.165) is 11.1 Å². The number of hydrogen-bond donors (Lipinski definition) is 1. The van der Waals surface area contributed by atoms with E-state index >= 15 is 0 Å². The SMILES string of the molecule is Cc1cccc(Cl)c1OCc1ccc(C(=O)NCc2ccc(F)cc2)o1. The van der Waals surface area contributed by atoms with Crippen LogP contribution in [0.3, 0.4) is 0 Å². The highest BCUT2D eigenvalue weighted by Gasteiger charge is 2.12. The lowest BCUT2D eigenvalue weighted by Crippen LogP contribution is -2.22. The van der Waals surface area contributed by atoms with Gasteiger partial charge in [-0.1, -0.05) is 35.9 Å². The molecule has 4 nitrogen and oxygen atoms in total. The van der Waals surface area contributed by atoms with Crippen LogP contribution in [0, 0.1) is 12.7 Å². The van der Waals surface area contributed by atoms with E-state index in [0.29, 0.717) is 16.5 Å². The summed E-state index contributed by atoms with van der Waals surface area (Å²) in [5, 5.41) is 3.25. The average Bonchev–Trinajstić information content (AvgIpc) is 3.10. The minimum absolute atomic E-state index is 0.163. The van der Waals surface area contributed by atoms with Crippen LogP contribution in [0.5, 0.6) is 5.75 Å². The summed E-state index contributed by atoms with van der Waals surface area (Å²) in [6, 6.07) is 14.7. The van der Waals surface area contributed by atoms with Crippen LogP contribution in [-0.4, -0.2) is 5.91 Å². The molecule has 26 heavy (non-hydrogen) atoms. The summed E-state index contributed by atoms with van der Waals surface area (Å²) in [6.07, 6.45) is 0. The van der Waals surface area contributed by atoms with E-state index in [1.807, 2.05) is 19.1 Å². The van der Waals surface area contributed by atoms with Crippen molar-refractivity contribution in [3.63, 3.8) is 0 Å². The van der Waals surface area contributed by atoms with Gasteiger partial charge in [0.05, 0.1) is 5.02 Å². The quantitative estimate of drug-likeness (QED) is 0.669. The molecular formula is C20H17ClFNO3. The molecule has 2 aromatic carbocycles. The van der Waals surface area contributed by atoms with E-state index in [1.165, 1.54) is 12.1 Å². The Morgan fingerprint density at radius 1 is 1.15 bits per heavy atom. The van der Waals surface area contributed by atoms with Crippen LogP contribution < -0.4 is 10.1 Å². The average molecular weight is 374 g/mol. The monoisotopic (exact) mass is 373 g/mol. The Balaban J connectivity index is 1.57. The topological polar surface area (TPSA) is 51.5 Å². The van der Waals surface area contributed by atoms with Crippen LogP contribution in [0.15, 0.2) is 59.0 Å². The number of halogens is 2. The van der Waals surface area contributed by atoms with Gasteiger partial charge in [-0.05, 0) is 48.4 Å². The van der Waals surface area contributed by atoms with Gasteiger partial charge >= 0.3 is 0 Å². The molecule has 0 aliphatic rings. The first-order chi connectivity index (χ1) is 12.5.